The van der Waals surface area contributed by atoms with Crippen molar-refractivity contribution in [3.8, 4) is 5.75 Å². The summed E-state index contributed by atoms with van der Waals surface area (Å²) in [6, 6.07) is 11.6. The molecule has 1 heterocycles. The first-order valence-corrected chi connectivity index (χ1v) is 8.69. The van der Waals surface area contributed by atoms with Crippen molar-refractivity contribution in [2.24, 2.45) is 0 Å². The van der Waals surface area contributed by atoms with Crippen molar-refractivity contribution in [3.63, 3.8) is 0 Å². The van der Waals surface area contributed by atoms with Crippen LogP contribution in [0, 0.1) is 5.82 Å². The van der Waals surface area contributed by atoms with Gasteiger partial charge in [0.2, 0.25) is 11.9 Å². The Balaban J connectivity index is 1.75. The number of nitrogens with one attached hydrogen (secondary N) is 3. The zero-order valence-corrected chi connectivity index (χ0v) is 15.9. The average molecular weight is 431 g/mol. The van der Waals surface area contributed by atoms with Crippen LogP contribution in [0.3, 0.4) is 0 Å². The van der Waals surface area contributed by atoms with Crippen molar-refractivity contribution in [2.45, 2.75) is 0 Å². The summed E-state index contributed by atoms with van der Waals surface area (Å²) in [6.45, 7) is -3.10. The molecule has 0 unspecified atom stereocenters. The summed E-state index contributed by atoms with van der Waals surface area (Å²) in [5.41, 5.74) is 1.09. The van der Waals surface area contributed by atoms with Crippen LogP contribution in [0.25, 0.3) is 0 Å². The first-order valence-electron chi connectivity index (χ1n) is 12.7. The van der Waals surface area contributed by atoms with E-state index in [4.69, 9.17) is 15.7 Å². The summed E-state index contributed by atoms with van der Waals surface area (Å²) in [5, 5.41) is 8.04. The smallest absolute Gasteiger partial charge is 0.247 e. The zero-order valence-electron chi connectivity index (χ0n) is 23.9. The largest absolute Gasteiger partial charge is 0.491 e. The minimum absolute atomic E-state index is 0.157. The van der Waals surface area contributed by atoms with Crippen LogP contribution in [0.15, 0.2) is 67.4 Å². The second-order valence-electron chi connectivity index (χ2n) is 5.78. The topological polar surface area (TPSA) is 97.4 Å². The second-order valence-corrected chi connectivity index (χ2v) is 5.78. The Morgan fingerprint density at radius 1 is 1.23 bits per heavy atom. The van der Waals surface area contributed by atoms with Gasteiger partial charge in [0.25, 0.3) is 0 Å². The van der Waals surface area contributed by atoms with E-state index in [1.165, 1.54) is 30.3 Å². The van der Waals surface area contributed by atoms with Crippen molar-refractivity contribution in [3.05, 3.63) is 73.2 Å². The number of aromatic nitrogens is 2. The minimum atomic E-state index is -3.30. The van der Waals surface area contributed by atoms with Crippen LogP contribution in [-0.2, 0) is 9.53 Å². The first kappa shape index (κ1) is 13.3. The molecule has 0 saturated heterocycles. The van der Waals surface area contributed by atoms with E-state index in [1.807, 2.05) is 0 Å². The fourth-order valence-corrected chi connectivity index (χ4v) is 2.31. The molecule has 2 aromatic carbocycles. The van der Waals surface area contributed by atoms with Crippen LogP contribution < -0.4 is 20.7 Å². The summed E-state index contributed by atoms with van der Waals surface area (Å²) in [7, 11) is -3.20. The third kappa shape index (κ3) is 6.51. The van der Waals surface area contributed by atoms with Crippen molar-refractivity contribution < 1.29 is 29.6 Å². The molecule has 9 heteroatoms. The number of ether oxygens (including phenoxy) is 2. The van der Waals surface area contributed by atoms with Gasteiger partial charge in [-0.3, -0.25) is 4.79 Å². The maximum atomic E-state index is 14.6. The van der Waals surface area contributed by atoms with E-state index >= 15 is 0 Å². The molecule has 160 valence electrons. The van der Waals surface area contributed by atoms with Gasteiger partial charge < -0.3 is 25.4 Å². The quantitative estimate of drug-likeness (QED) is 0.413. The molecule has 3 aromatic rings. The number of anilines is 5. The predicted octanol–water partition coefficient (Wildman–Crippen LogP) is 4.25. The lowest BCUT2D eigenvalue weighted by Crippen LogP contribution is -2.07. The monoisotopic (exact) mass is 431 g/mol. The van der Waals surface area contributed by atoms with Crippen molar-refractivity contribution in [1.82, 2.24) is 9.97 Å². The number of benzene rings is 2. The van der Waals surface area contributed by atoms with Gasteiger partial charge in [-0.15, -0.1) is 0 Å². The Kier molecular flexibility index (Phi) is 4.61. The Bertz CT molecular complexity index is 1360. The fraction of sp³-hybridized carbons (Fsp3) is 0.136. The number of hydrogen-bond donors (Lipinski definition) is 3. The van der Waals surface area contributed by atoms with Crippen LogP contribution in [0.5, 0.6) is 5.75 Å². The van der Waals surface area contributed by atoms with Crippen molar-refractivity contribution in [1.29, 1.82) is 0 Å². The molecule has 3 N–H and O–H groups in total. The van der Waals surface area contributed by atoms with Crippen LogP contribution >= 0.6 is 0 Å². The highest BCUT2D eigenvalue weighted by atomic mass is 19.1. The number of halogens is 1. The molecule has 0 aliphatic heterocycles. The van der Waals surface area contributed by atoms with Gasteiger partial charge in [0.1, 0.15) is 12.3 Å². The number of hydrogen-bond acceptors (Lipinski definition) is 7. The SMILES string of the molecule is [2H]c1nc(Nc2ccc(OC([2H])([2H])C([2H])([2H])OC([2H])([2H])[2H])cc2)nc(Nc2cccc(NC(=O)C=C)c2)c1F. The van der Waals surface area contributed by atoms with Crippen LogP contribution in [0.4, 0.5) is 33.2 Å². The molecule has 1 amide bonds. The highest BCUT2D eigenvalue weighted by Crippen LogP contribution is 2.23. The Labute approximate surface area is 190 Å². The Morgan fingerprint density at radius 2 is 2.03 bits per heavy atom. The molecule has 0 spiro atoms. The molecule has 0 fully saturated rings. The van der Waals surface area contributed by atoms with Crippen molar-refractivity contribution in [2.75, 3.05) is 36.1 Å². The standard InChI is InChI=1S/C22H22FN5O3/c1-3-20(29)25-16-5-4-6-17(13-16)26-21-19(23)14-24-22(28-21)27-15-7-9-18(10-8-15)31-12-11-30-2/h3-10,13-14H,1,11-12H2,2H3,(H,25,29)(H2,24,26,27,28)/i2D3,11D2,12D2,14D. The highest BCUT2D eigenvalue weighted by Gasteiger charge is 2.09. The van der Waals surface area contributed by atoms with E-state index in [0.29, 0.717) is 17.1 Å². The van der Waals surface area contributed by atoms with E-state index in [2.05, 4.69) is 37.2 Å². The second kappa shape index (κ2) is 10.7. The molecular formula is C22H22FN5O3. The van der Waals surface area contributed by atoms with Gasteiger partial charge in [0.15, 0.2) is 11.6 Å². The number of rotatable bonds is 10. The van der Waals surface area contributed by atoms with Crippen LogP contribution in [0.2, 0.25) is 0 Å². The van der Waals surface area contributed by atoms with Crippen LogP contribution in [-0.4, -0.2) is 36.0 Å². The van der Waals surface area contributed by atoms with E-state index in [1.54, 1.807) is 18.2 Å². The Hall–Kier alpha value is -3.98. The fourth-order valence-electron chi connectivity index (χ4n) is 2.31. The van der Waals surface area contributed by atoms with Gasteiger partial charge in [-0.05, 0) is 48.5 Å². The number of nitrogens with zero attached hydrogens (tertiary/aromatic N) is 2. The molecule has 3 rings (SSSR count). The molecule has 31 heavy (non-hydrogen) atoms. The van der Waals surface area contributed by atoms with E-state index in [0.717, 1.165) is 6.08 Å². The molecule has 0 radical (unpaired) electrons. The lowest BCUT2D eigenvalue weighted by Gasteiger charge is -2.11. The van der Waals surface area contributed by atoms with E-state index in [-0.39, 0.29) is 17.5 Å². The third-order valence-corrected chi connectivity index (χ3v) is 3.64. The normalized spacial score (nSPS) is 15.4. The highest BCUT2D eigenvalue weighted by molar-refractivity contribution is 5.99. The summed E-state index contributed by atoms with van der Waals surface area (Å²) in [5.74, 6) is -2.10. The number of amides is 1. The van der Waals surface area contributed by atoms with Gasteiger partial charge in [-0.2, -0.15) is 4.98 Å². The van der Waals surface area contributed by atoms with E-state index in [9.17, 15) is 9.18 Å². The van der Waals surface area contributed by atoms with Gasteiger partial charge in [0, 0.05) is 24.1 Å². The van der Waals surface area contributed by atoms with Gasteiger partial charge in [0.05, 0.1) is 23.7 Å². The average Bonchev–Trinajstić information content (AvgIpc) is 2.82. The third-order valence-electron chi connectivity index (χ3n) is 3.64. The Morgan fingerprint density at radius 3 is 2.81 bits per heavy atom. The maximum Gasteiger partial charge on any atom is 0.247 e. The van der Waals surface area contributed by atoms with Gasteiger partial charge >= 0.3 is 0 Å². The number of carbonyl (C=O) groups is 1. The summed E-state index contributed by atoms with van der Waals surface area (Å²) in [4.78, 5) is 19.3. The number of methoxy groups -OCH3 is 1. The predicted molar refractivity (Wildman–Crippen MR) is 118 cm³/mol. The van der Waals surface area contributed by atoms with Crippen LogP contribution in [0.1, 0.15) is 11.0 Å². The molecule has 0 aliphatic carbocycles. The summed E-state index contributed by atoms with van der Waals surface area (Å²) in [6.07, 6.45) is 0.381. The van der Waals surface area contributed by atoms with Gasteiger partial charge in [-0.25, -0.2) is 9.37 Å². The minimum Gasteiger partial charge on any atom is -0.491 e. The summed E-state index contributed by atoms with van der Waals surface area (Å²) >= 11 is 0. The molecule has 1 aromatic heterocycles. The first-order chi connectivity index (χ1) is 18.1. The maximum absolute atomic E-state index is 14.6. The lowest BCUT2D eigenvalue weighted by atomic mass is 10.2. The van der Waals surface area contributed by atoms with Crippen molar-refractivity contribution >= 4 is 34.7 Å². The van der Waals surface area contributed by atoms with Gasteiger partial charge in [-0.1, -0.05) is 12.6 Å². The molecule has 0 atom stereocenters. The summed E-state index contributed by atoms with van der Waals surface area (Å²) < 4.78 is 83.3. The number of carbonyl (C=O) groups excluding carboxylic acids is 1. The molecule has 0 aliphatic rings. The molecule has 8 nitrogen and oxygen atoms in total. The zero-order chi connectivity index (χ0) is 29.0. The molecule has 0 bridgehead atoms. The molecule has 0 saturated carbocycles. The van der Waals surface area contributed by atoms with E-state index < -0.39 is 38.1 Å². The lowest BCUT2D eigenvalue weighted by molar-refractivity contribution is -0.111. The molecular weight excluding hydrogens is 401 g/mol.